The van der Waals surface area contributed by atoms with Gasteiger partial charge in [0.1, 0.15) is 0 Å². The molecular weight excluding hydrogens is 183 g/mol. The van der Waals surface area contributed by atoms with Crippen LogP contribution < -0.4 is 0 Å². The average Bonchev–Trinajstić information content (AvgIpc) is 1.89. The van der Waals surface area contributed by atoms with Crippen molar-refractivity contribution in [1.29, 1.82) is 0 Å². The van der Waals surface area contributed by atoms with Crippen LogP contribution in [0.3, 0.4) is 0 Å². The largest absolute Gasteiger partial charge is 0.178 e. The van der Waals surface area contributed by atoms with Gasteiger partial charge in [-0.3, -0.25) is 0 Å². The summed E-state index contributed by atoms with van der Waals surface area (Å²) in [5.74, 6) is 0. The van der Waals surface area contributed by atoms with Crippen molar-refractivity contribution in [1.82, 2.24) is 0 Å². The summed E-state index contributed by atoms with van der Waals surface area (Å²) >= 11 is 11.9. The number of hydrogen-bond acceptors (Lipinski definition) is 0. The molecule has 0 radical (unpaired) electrons. The second-order valence-corrected chi connectivity index (χ2v) is 8.86. The van der Waals surface area contributed by atoms with Gasteiger partial charge in [0.15, 0.2) is 7.38 Å². The van der Waals surface area contributed by atoms with E-state index in [9.17, 15) is 0 Å². The number of allylic oxidation sites excluding steroid dienone is 2. The van der Waals surface area contributed by atoms with Gasteiger partial charge in [-0.1, -0.05) is 12.2 Å². The molecule has 0 heterocycles. The summed E-state index contributed by atoms with van der Waals surface area (Å²) in [5.41, 5.74) is 0.576. The Morgan fingerprint density at radius 2 is 1.60 bits per heavy atom. The Balaban J connectivity index is 3.92. The summed E-state index contributed by atoms with van der Waals surface area (Å²) < 4.78 is 0. The normalized spacial score (nSPS) is 11.0. The molecule has 0 unspecified atom stereocenters. The van der Waals surface area contributed by atoms with Crippen LogP contribution in [-0.4, -0.2) is 12.9 Å². The first kappa shape index (κ1) is 10.3. The standard InChI is InChI=1S/C7H12Cl2Si/c1-3-5-10(9,7-8)6-4-2/h3-4H,1-2,5-7H2. The zero-order valence-corrected chi connectivity index (χ0v) is 8.46. The fourth-order valence-corrected chi connectivity index (χ4v) is 3.44. The molecule has 0 aliphatic carbocycles. The van der Waals surface area contributed by atoms with Crippen LogP contribution in [0.2, 0.25) is 12.1 Å². The Hall–Kier alpha value is 0.277. The van der Waals surface area contributed by atoms with E-state index in [-0.39, 0.29) is 0 Å². The van der Waals surface area contributed by atoms with Crippen molar-refractivity contribution in [2.45, 2.75) is 12.1 Å². The monoisotopic (exact) mass is 194 g/mol. The quantitative estimate of drug-likeness (QED) is 0.273. The van der Waals surface area contributed by atoms with Crippen molar-refractivity contribution in [2.75, 3.05) is 5.50 Å². The zero-order chi connectivity index (χ0) is 8.04. The second kappa shape index (κ2) is 5.00. The van der Waals surface area contributed by atoms with Crippen molar-refractivity contribution in [3.05, 3.63) is 25.3 Å². The lowest BCUT2D eigenvalue weighted by atomic mass is 10.7. The molecule has 0 aromatic rings. The van der Waals surface area contributed by atoms with Gasteiger partial charge in [-0.05, 0) is 12.1 Å². The maximum atomic E-state index is 6.19. The molecule has 0 nitrogen and oxygen atoms in total. The SMILES string of the molecule is C=CC[Si](Cl)(CCl)CC=C. The Kier molecular flexibility index (Phi) is 5.14. The van der Waals surface area contributed by atoms with Crippen LogP contribution in [-0.2, 0) is 0 Å². The van der Waals surface area contributed by atoms with Crippen LogP contribution in [0.25, 0.3) is 0 Å². The molecule has 3 heteroatoms. The van der Waals surface area contributed by atoms with E-state index < -0.39 is 7.38 Å². The van der Waals surface area contributed by atoms with Crippen molar-refractivity contribution >= 4 is 30.1 Å². The fourth-order valence-electron chi connectivity index (χ4n) is 0.710. The van der Waals surface area contributed by atoms with Gasteiger partial charge in [-0.15, -0.1) is 24.8 Å². The highest BCUT2D eigenvalue weighted by Gasteiger charge is 2.26. The third-order valence-corrected chi connectivity index (χ3v) is 7.05. The van der Waals surface area contributed by atoms with Crippen molar-refractivity contribution in [2.24, 2.45) is 0 Å². The van der Waals surface area contributed by atoms with Crippen molar-refractivity contribution in [3.63, 3.8) is 0 Å². The van der Waals surface area contributed by atoms with Crippen LogP contribution in [0.4, 0.5) is 0 Å². The van der Waals surface area contributed by atoms with Gasteiger partial charge < -0.3 is 0 Å². The molecule has 0 bridgehead atoms. The predicted molar refractivity (Wildman–Crippen MR) is 52.3 cm³/mol. The number of alkyl halides is 1. The molecule has 0 aromatic carbocycles. The molecule has 0 amide bonds. The van der Waals surface area contributed by atoms with Crippen LogP contribution in [0.1, 0.15) is 0 Å². The van der Waals surface area contributed by atoms with Gasteiger partial charge in [0.25, 0.3) is 0 Å². The van der Waals surface area contributed by atoms with E-state index in [1.807, 2.05) is 12.2 Å². The summed E-state index contributed by atoms with van der Waals surface area (Å²) in [4.78, 5) is 0. The Labute approximate surface area is 73.2 Å². The van der Waals surface area contributed by atoms with E-state index in [1.54, 1.807) is 0 Å². The Bertz CT molecular complexity index is 113. The number of rotatable bonds is 5. The third-order valence-electron chi connectivity index (χ3n) is 1.26. The fraction of sp³-hybridized carbons (Fsp3) is 0.429. The molecule has 0 aliphatic rings. The maximum absolute atomic E-state index is 6.19. The van der Waals surface area contributed by atoms with E-state index in [0.717, 1.165) is 12.1 Å². The Morgan fingerprint density at radius 1 is 1.20 bits per heavy atom. The highest BCUT2D eigenvalue weighted by Crippen LogP contribution is 2.22. The third kappa shape index (κ3) is 3.45. The molecule has 0 spiro atoms. The van der Waals surface area contributed by atoms with Gasteiger partial charge in [0.05, 0.1) is 0 Å². The minimum Gasteiger partial charge on any atom is -0.165 e. The minimum atomic E-state index is -1.72. The lowest BCUT2D eigenvalue weighted by Gasteiger charge is -2.16. The van der Waals surface area contributed by atoms with E-state index in [1.165, 1.54) is 0 Å². The smallest absolute Gasteiger partial charge is 0.165 e. The molecule has 10 heavy (non-hydrogen) atoms. The highest BCUT2D eigenvalue weighted by atomic mass is 35.6. The summed E-state index contributed by atoms with van der Waals surface area (Å²) in [6.45, 7) is 7.27. The molecule has 0 N–H and O–H groups in total. The van der Waals surface area contributed by atoms with Crippen LogP contribution in [0, 0.1) is 0 Å². The number of halogens is 2. The van der Waals surface area contributed by atoms with E-state index in [4.69, 9.17) is 22.7 Å². The van der Waals surface area contributed by atoms with Gasteiger partial charge in [0.2, 0.25) is 0 Å². The minimum absolute atomic E-state index is 0.576. The summed E-state index contributed by atoms with van der Waals surface area (Å²) in [6.07, 6.45) is 3.68. The molecule has 0 atom stereocenters. The topological polar surface area (TPSA) is 0 Å². The summed E-state index contributed by atoms with van der Waals surface area (Å²) in [7, 11) is -1.72. The van der Waals surface area contributed by atoms with E-state index in [0.29, 0.717) is 5.50 Å². The first-order valence-electron chi connectivity index (χ1n) is 3.15. The van der Waals surface area contributed by atoms with Crippen molar-refractivity contribution < 1.29 is 0 Å². The molecule has 58 valence electrons. The molecular formula is C7H12Cl2Si. The van der Waals surface area contributed by atoms with Crippen LogP contribution in [0.5, 0.6) is 0 Å². The average molecular weight is 195 g/mol. The molecule has 0 saturated carbocycles. The van der Waals surface area contributed by atoms with E-state index in [2.05, 4.69) is 13.2 Å². The van der Waals surface area contributed by atoms with Gasteiger partial charge in [-0.2, -0.15) is 11.1 Å². The zero-order valence-electron chi connectivity index (χ0n) is 5.95. The molecule has 0 fully saturated rings. The van der Waals surface area contributed by atoms with Gasteiger partial charge in [-0.25, -0.2) is 0 Å². The lowest BCUT2D eigenvalue weighted by molar-refractivity contribution is 1.48. The highest BCUT2D eigenvalue weighted by molar-refractivity contribution is 7.22. The van der Waals surface area contributed by atoms with Gasteiger partial charge in [0, 0.05) is 5.50 Å². The van der Waals surface area contributed by atoms with Crippen LogP contribution in [0.15, 0.2) is 25.3 Å². The summed E-state index contributed by atoms with van der Waals surface area (Å²) in [6, 6.07) is 1.73. The maximum Gasteiger partial charge on any atom is 0.178 e. The second-order valence-electron chi connectivity index (χ2n) is 2.27. The molecule has 0 rings (SSSR count). The predicted octanol–water partition coefficient (Wildman–Crippen LogP) is 3.32. The van der Waals surface area contributed by atoms with Gasteiger partial charge >= 0.3 is 0 Å². The first-order chi connectivity index (χ1) is 4.68. The number of hydrogen-bond donors (Lipinski definition) is 0. The Morgan fingerprint density at radius 3 is 1.80 bits per heavy atom. The first-order valence-corrected chi connectivity index (χ1v) is 7.32. The molecule has 0 saturated heterocycles. The summed E-state index contributed by atoms with van der Waals surface area (Å²) in [5, 5.41) is 0. The molecule has 0 aromatic heterocycles. The molecule has 0 aliphatic heterocycles. The van der Waals surface area contributed by atoms with Crippen molar-refractivity contribution in [3.8, 4) is 0 Å². The van der Waals surface area contributed by atoms with E-state index >= 15 is 0 Å². The lowest BCUT2D eigenvalue weighted by Crippen LogP contribution is -2.27. The van der Waals surface area contributed by atoms with Crippen LogP contribution >= 0.6 is 22.7 Å².